The van der Waals surface area contributed by atoms with E-state index >= 15 is 0 Å². The highest BCUT2D eigenvalue weighted by molar-refractivity contribution is 6.04. The van der Waals surface area contributed by atoms with E-state index in [9.17, 15) is 4.79 Å². The van der Waals surface area contributed by atoms with Crippen LogP contribution in [0.2, 0.25) is 0 Å². The van der Waals surface area contributed by atoms with Gasteiger partial charge >= 0.3 is 0 Å². The summed E-state index contributed by atoms with van der Waals surface area (Å²) >= 11 is 0. The summed E-state index contributed by atoms with van der Waals surface area (Å²) in [6.45, 7) is 5.34. The Morgan fingerprint density at radius 2 is 1.65 bits per heavy atom. The number of anilines is 1. The zero-order chi connectivity index (χ0) is 14.4. The minimum absolute atomic E-state index is 0.162. The van der Waals surface area contributed by atoms with Gasteiger partial charge < -0.3 is 5.32 Å². The molecule has 0 saturated carbocycles. The number of rotatable bonds is 4. The molecule has 0 unspecified atom stereocenters. The van der Waals surface area contributed by atoms with Crippen LogP contribution in [0.1, 0.15) is 18.1 Å². The van der Waals surface area contributed by atoms with Gasteiger partial charge in [-0.25, -0.2) is 0 Å². The summed E-state index contributed by atoms with van der Waals surface area (Å²) in [6, 6.07) is 17.7. The summed E-state index contributed by atoms with van der Waals surface area (Å²) in [5, 5.41) is 2.86. The van der Waals surface area contributed by atoms with Crippen molar-refractivity contribution in [1.82, 2.24) is 0 Å². The van der Waals surface area contributed by atoms with Gasteiger partial charge in [-0.2, -0.15) is 0 Å². The summed E-state index contributed by atoms with van der Waals surface area (Å²) in [6.07, 6.45) is 4.01. The predicted molar refractivity (Wildman–Crippen MR) is 85.3 cm³/mol. The van der Waals surface area contributed by atoms with E-state index in [2.05, 4.69) is 11.9 Å². The molecular weight excluding hydrogens is 246 g/mol. The van der Waals surface area contributed by atoms with Crippen LogP contribution in [0.3, 0.4) is 0 Å². The van der Waals surface area contributed by atoms with Gasteiger partial charge in [-0.05, 0) is 24.1 Å². The maximum absolute atomic E-state index is 11.7. The molecule has 0 aromatic heterocycles. The van der Waals surface area contributed by atoms with E-state index in [1.165, 1.54) is 0 Å². The molecule has 2 nitrogen and oxygen atoms in total. The van der Waals surface area contributed by atoms with Crippen molar-refractivity contribution in [2.24, 2.45) is 0 Å². The van der Waals surface area contributed by atoms with Gasteiger partial charge in [-0.1, -0.05) is 67.3 Å². The van der Waals surface area contributed by atoms with Crippen LogP contribution in [0.4, 0.5) is 5.69 Å². The van der Waals surface area contributed by atoms with Crippen molar-refractivity contribution in [3.8, 4) is 0 Å². The Balaban J connectivity index is 2.22. The van der Waals surface area contributed by atoms with E-state index in [1.807, 2.05) is 66.7 Å². The molecule has 1 N–H and O–H groups in total. The largest absolute Gasteiger partial charge is 0.322 e. The summed E-state index contributed by atoms with van der Waals surface area (Å²) < 4.78 is 0. The second-order valence-electron chi connectivity index (χ2n) is 4.57. The normalized spacial score (nSPS) is 10.4. The first-order valence-electron chi connectivity index (χ1n) is 6.46. The van der Waals surface area contributed by atoms with Crippen LogP contribution in [0.25, 0.3) is 12.2 Å². The minimum atomic E-state index is -0.162. The van der Waals surface area contributed by atoms with Crippen LogP contribution in [0.15, 0.2) is 66.7 Å². The second kappa shape index (κ2) is 6.53. The van der Waals surface area contributed by atoms with E-state index in [1.54, 1.807) is 6.92 Å². The van der Waals surface area contributed by atoms with Crippen molar-refractivity contribution in [2.75, 3.05) is 5.32 Å². The van der Waals surface area contributed by atoms with Gasteiger partial charge in [0.1, 0.15) is 0 Å². The Labute approximate surface area is 119 Å². The van der Waals surface area contributed by atoms with Crippen molar-refractivity contribution in [2.45, 2.75) is 6.92 Å². The van der Waals surface area contributed by atoms with Gasteiger partial charge in [-0.15, -0.1) is 0 Å². The van der Waals surface area contributed by atoms with Gasteiger partial charge in [0.25, 0.3) is 5.91 Å². The number of carbonyl (C=O) groups excluding carboxylic acids is 1. The highest BCUT2D eigenvalue weighted by Crippen LogP contribution is 2.18. The molecule has 2 rings (SSSR count). The molecule has 0 aliphatic carbocycles. The van der Waals surface area contributed by atoms with Crippen LogP contribution in [0, 0.1) is 0 Å². The lowest BCUT2D eigenvalue weighted by Crippen LogP contribution is -2.12. The number of benzene rings is 2. The number of para-hydroxylation sites is 1. The molecule has 2 aromatic carbocycles. The van der Waals surface area contributed by atoms with Crippen LogP contribution in [0.5, 0.6) is 0 Å². The fourth-order valence-corrected chi connectivity index (χ4v) is 1.74. The molecular formula is C18H17NO. The topological polar surface area (TPSA) is 29.1 Å². The zero-order valence-electron chi connectivity index (χ0n) is 11.5. The number of nitrogens with one attached hydrogen (secondary N) is 1. The molecule has 0 radical (unpaired) electrons. The van der Waals surface area contributed by atoms with Gasteiger partial charge in [0.2, 0.25) is 0 Å². The molecule has 1 amide bonds. The standard InChI is InChI=1S/C18H17NO/c1-14(2)18(20)19-17-11-7-6-10-16(17)13-12-15-8-4-3-5-9-15/h3-13H,1H2,2H3,(H,19,20)/b13-12+. The second-order valence-corrected chi connectivity index (χ2v) is 4.57. The smallest absolute Gasteiger partial charge is 0.250 e. The van der Waals surface area contributed by atoms with Gasteiger partial charge in [0.05, 0.1) is 0 Å². The number of amides is 1. The van der Waals surface area contributed by atoms with Gasteiger partial charge in [0, 0.05) is 11.3 Å². The van der Waals surface area contributed by atoms with Crippen molar-refractivity contribution < 1.29 is 4.79 Å². The van der Waals surface area contributed by atoms with Gasteiger partial charge in [-0.3, -0.25) is 4.79 Å². The molecule has 0 aliphatic rings. The monoisotopic (exact) mass is 263 g/mol. The Hall–Kier alpha value is -2.61. The average Bonchev–Trinajstić information content (AvgIpc) is 2.47. The molecule has 100 valence electrons. The zero-order valence-corrected chi connectivity index (χ0v) is 11.5. The molecule has 2 heteroatoms. The van der Waals surface area contributed by atoms with E-state index < -0.39 is 0 Å². The number of carbonyl (C=O) groups is 1. The molecule has 2 aromatic rings. The average molecular weight is 263 g/mol. The van der Waals surface area contributed by atoms with E-state index in [4.69, 9.17) is 0 Å². The third-order valence-electron chi connectivity index (χ3n) is 2.85. The lowest BCUT2D eigenvalue weighted by Gasteiger charge is -2.08. The third kappa shape index (κ3) is 3.69. The Bertz CT molecular complexity index is 641. The highest BCUT2D eigenvalue weighted by Gasteiger charge is 2.04. The van der Waals surface area contributed by atoms with Crippen LogP contribution < -0.4 is 5.32 Å². The van der Waals surface area contributed by atoms with E-state index in [0.29, 0.717) is 5.57 Å². The Morgan fingerprint density at radius 1 is 1.00 bits per heavy atom. The molecule has 0 atom stereocenters. The van der Waals surface area contributed by atoms with E-state index in [-0.39, 0.29) is 5.91 Å². The molecule has 0 heterocycles. The summed E-state index contributed by atoms with van der Waals surface area (Å²) in [4.78, 5) is 11.7. The van der Waals surface area contributed by atoms with Crippen LogP contribution in [-0.2, 0) is 4.79 Å². The maximum Gasteiger partial charge on any atom is 0.250 e. The molecule has 0 fully saturated rings. The van der Waals surface area contributed by atoms with Crippen LogP contribution >= 0.6 is 0 Å². The SMILES string of the molecule is C=C(C)C(=O)Nc1ccccc1/C=C/c1ccccc1. The number of hydrogen-bond acceptors (Lipinski definition) is 1. The van der Waals surface area contributed by atoms with Crippen molar-refractivity contribution in [3.63, 3.8) is 0 Å². The molecule has 0 bridgehead atoms. The molecule has 0 spiro atoms. The Kier molecular flexibility index (Phi) is 4.51. The predicted octanol–water partition coefficient (Wildman–Crippen LogP) is 4.37. The van der Waals surface area contributed by atoms with Crippen LogP contribution in [-0.4, -0.2) is 5.91 Å². The lowest BCUT2D eigenvalue weighted by molar-refractivity contribution is -0.112. The highest BCUT2D eigenvalue weighted by atomic mass is 16.1. The van der Waals surface area contributed by atoms with Gasteiger partial charge in [0.15, 0.2) is 0 Å². The first kappa shape index (κ1) is 13.8. The molecule has 20 heavy (non-hydrogen) atoms. The summed E-state index contributed by atoms with van der Waals surface area (Å²) in [5.74, 6) is -0.162. The minimum Gasteiger partial charge on any atom is -0.322 e. The molecule has 0 saturated heterocycles. The molecule has 0 aliphatic heterocycles. The summed E-state index contributed by atoms with van der Waals surface area (Å²) in [7, 11) is 0. The Morgan fingerprint density at radius 3 is 2.35 bits per heavy atom. The maximum atomic E-state index is 11.7. The van der Waals surface area contributed by atoms with Crippen molar-refractivity contribution in [1.29, 1.82) is 0 Å². The van der Waals surface area contributed by atoms with Crippen molar-refractivity contribution >= 4 is 23.7 Å². The van der Waals surface area contributed by atoms with E-state index in [0.717, 1.165) is 16.8 Å². The lowest BCUT2D eigenvalue weighted by atomic mass is 10.1. The van der Waals surface area contributed by atoms with Crippen molar-refractivity contribution in [3.05, 3.63) is 77.9 Å². The third-order valence-corrected chi connectivity index (χ3v) is 2.85. The first-order valence-corrected chi connectivity index (χ1v) is 6.46. The summed E-state index contributed by atoms with van der Waals surface area (Å²) in [5.41, 5.74) is 3.36. The quantitative estimate of drug-likeness (QED) is 0.644. The first-order chi connectivity index (χ1) is 9.66. The number of hydrogen-bond donors (Lipinski definition) is 1. The fourth-order valence-electron chi connectivity index (χ4n) is 1.74. The fraction of sp³-hybridized carbons (Fsp3) is 0.0556.